The summed E-state index contributed by atoms with van der Waals surface area (Å²) in [5.41, 5.74) is 4.76. The van der Waals surface area contributed by atoms with Crippen LogP contribution in [-0.4, -0.2) is 35.6 Å². The SMILES string of the molecule is CCN(CCO)C(=O)c1ccccc1Nc1cccc(C)c1C. The van der Waals surface area contributed by atoms with Gasteiger partial charge < -0.3 is 15.3 Å². The topological polar surface area (TPSA) is 52.6 Å². The second-order valence-electron chi connectivity index (χ2n) is 5.53. The summed E-state index contributed by atoms with van der Waals surface area (Å²) in [6.45, 7) is 6.91. The molecule has 2 aromatic rings. The molecule has 0 heterocycles. The Balaban J connectivity index is 2.34. The fraction of sp³-hybridized carbons (Fsp3) is 0.316. The zero-order chi connectivity index (χ0) is 16.8. The van der Waals surface area contributed by atoms with E-state index in [-0.39, 0.29) is 12.5 Å². The highest BCUT2D eigenvalue weighted by atomic mass is 16.3. The highest BCUT2D eigenvalue weighted by Crippen LogP contribution is 2.26. The van der Waals surface area contributed by atoms with Gasteiger partial charge in [-0.25, -0.2) is 0 Å². The summed E-state index contributed by atoms with van der Waals surface area (Å²) in [6, 6.07) is 13.6. The predicted molar refractivity (Wildman–Crippen MR) is 94.3 cm³/mol. The van der Waals surface area contributed by atoms with Gasteiger partial charge in [0.2, 0.25) is 0 Å². The van der Waals surface area contributed by atoms with Crippen molar-refractivity contribution in [3.63, 3.8) is 0 Å². The molecule has 0 atom stereocenters. The number of likely N-dealkylation sites (N-methyl/N-ethyl adjacent to an activating group) is 1. The summed E-state index contributed by atoms with van der Waals surface area (Å²) in [7, 11) is 0. The lowest BCUT2D eigenvalue weighted by Gasteiger charge is -2.22. The van der Waals surface area contributed by atoms with Crippen molar-refractivity contribution in [2.75, 3.05) is 25.0 Å². The third-order valence-corrected chi connectivity index (χ3v) is 4.07. The van der Waals surface area contributed by atoms with Crippen molar-refractivity contribution >= 4 is 17.3 Å². The number of hydrogen-bond donors (Lipinski definition) is 2. The summed E-state index contributed by atoms with van der Waals surface area (Å²) in [6.07, 6.45) is 0. The first-order chi connectivity index (χ1) is 11.1. The Morgan fingerprint density at radius 2 is 1.78 bits per heavy atom. The molecule has 23 heavy (non-hydrogen) atoms. The molecule has 2 aromatic carbocycles. The third kappa shape index (κ3) is 3.90. The minimum absolute atomic E-state index is 0.0356. The first kappa shape index (κ1) is 17.0. The fourth-order valence-electron chi connectivity index (χ4n) is 2.50. The summed E-state index contributed by atoms with van der Waals surface area (Å²) < 4.78 is 0. The monoisotopic (exact) mass is 312 g/mol. The van der Waals surface area contributed by atoms with Gasteiger partial charge in [0, 0.05) is 18.8 Å². The van der Waals surface area contributed by atoms with E-state index in [2.05, 4.69) is 25.2 Å². The fourth-order valence-corrected chi connectivity index (χ4v) is 2.50. The van der Waals surface area contributed by atoms with Gasteiger partial charge in [0.1, 0.15) is 0 Å². The van der Waals surface area contributed by atoms with E-state index >= 15 is 0 Å². The lowest BCUT2D eigenvalue weighted by atomic mass is 10.1. The van der Waals surface area contributed by atoms with Crippen LogP contribution in [0.1, 0.15) is 28.4 Å². The van der Waals surface area contributed by atoms with Crippen molar-refractivity contribution < 1.29 is 9.90 Å². The quantitative estimate of drug-likeness (QED) is 0.858. The van der Waals surface area contributed by atoms with Gasteiger partial charge in [-0.1, -0.05) is 24.3 Å². The van der Waals surface area contributed by atoms with Gasteiger partial charge in [0.15, 0.2) is 0 Å². The van der Waals surface area contributed by atoms with Gasteiger partial charge in [-0.2, -0.15) is 0 Å². The number of carbonyl (C=O) groups is 1. The molecule has 0 aliphatic carbocycles. The molecule has 122 valence electrons. The van der Waals surface area contributed by atoms with E-state index < -0.39 is 0 Å². The van der Waals surface area contributed by atoms with E-state index in [9.17, 15) is 4.79 Å². The minimum Gasteiger partial charge on any atom is -0.395 e. The Labute approximate surface area is 137 Å². The lowest BCUT2D eigenvalue weighted by molar-refractivity contribution is 0.0733. The van der Waals surface area contributed by atoms with Crippen molar-refractivity contribution in [3.05, 3.63) is 59.2 Å². The third-order valence-electron chi connectivity index (χ3n) is 4.07. The van der Waals surface area contributed by atoms with Crippen LogP contribution < -0.4 is 5.32 Å². The van der Waals surface area contributed by atoms with Gasteiger partial charge in [-0.3, -0.25) is 4.79 Å². The normalized spacial score (nSPS) is 10.4. The number of carbonyl (C=O) groups excluding carboxylic acids is 1. The Hall–Kier alpha value is -2.33. The van der Waals surface area contributed by atoms with Crippen molar-refractivity contribution in [2.45, 2.75) is 20.8 Å². The standard InChI is InChI=1S/C19H24N2O2/c1-4-21(12-13-22)19(23)16-9-5-6-10-18(16)20-17-11-7-8-14(2)15(17)3/h5-11,20,22H,4,12-13H2,1-3H3. The van der Waals surface area contributed by atoms with Crippen LogP contribution in [0.3, 0.4) is 0 Å². The zero-order valence-electron chi connectivity index (χ0n) is 14.0. The molecule has 1 amide bonds. The van der Waals surface area contributed by atoms with Gasteiger partial charge in [0.05, 0.1) is 17.9 Å². The Kier molecular flexibility index (Phi) is 5.77. The first-order valence-electron chi connectivity index (χ1n) is 7.90. The highest BCUT2D eigenvalue weighted by molar-refractivity contribution is 6.00. The molecule has 4 nitrogen and oxygen atoms in total. The molecular weight excluding hydrogens is 288 g/mol. The van der Waals surface area contributed by atoms with Gasteiger partial charge in [-0.05, 0) is 50.1 Å². The van der Waals surface area contributed by atoms with Crippen molar-refractivity contribution in [3.8, 4) is 0 Å². The molecule has 0 aromatic heterocycles. The highest BCUT2D eigenvalue weighted by Gasteiger charge is 2.17. The predicted octanol–water partition coefficient (Wildman–Crippen LogP) is 3.50. The van der Waals surface area contributed by atoms with Crippen molar-refractivity contribution in [2.24, 2.45) is 0 Å². The molecule has 2 rings (SSSR count). The molecule has 0 saturated carbocycles. The maximum atomic E-state index is 12.7. The second kappa shape index (κ2) is 7.79. The number of amides is 1. The number of anilines is 2. The van der Waals surface area contributed by atoms with Crippen LogP contribution in [0.4, 0.5) is 11.4 Å². The number of rotatable bonds is 6. The molecule has 2 N–H and O–H groups in total. The molecule has 0 fully saturated rings. The Morgan fingerprint density at radius 3 is 2.48 bits per heavy atom. The van der Waals surface area contributed by atoms with E-state index in [1.54, 1.807) is 4.90 Å². The van der Waals surface area contributed by atoms with Gasteiger partial charge in [-0.15, -0.1) is 0 Å². The summed E-state index contributed by atoms with van der Waals surface area (Å²) >= 11 is 0. The van der Waals surface area contributed by atoms with Crippen LogP contribution in [0.25, 0.3) is 0 Å². The number of aliphatic hydroxyl groups is 1. The Bertz CT molecular complexity index is 683. The molecule has 0 bridgehead atoms. The largest absolute Gasteiger partial charge is 0.395 e. The summed E-state index contributed by atoms with van der Waals surface area (Å²) in [4.78, 5) is 14.3. The number of benzene rings is 2. The number of para-hydroxylation sites is 1. The summed E-state index contributed by atoms with van der Waals surface area (Å²) in [5.74, 6) is -0.0741. The maximum absolute atomic E-state index is 12.7. The van der Waals surface area contributed by atoms with Crippen LogP contribution in [0, 0.1) is 13.8 Å². The van der Waals surface area contributed by atoms with Crippen LogP contribution >= 0.6 is 0 Å². The van der Waals surface area contributed by atoms with E-state index in [0.29, 0.717) is 18.7 Å². The zero-order valence-corrected chi connectivity index (χ0v) is 14.0. The number of nitrogens with zero attached hydrogens (tertiary/aromatic N) is 1. The molecule has 0 saturated heterocycles. The molecule has 0 spiro atoms. The smallest absolute Gasteiger partial charge is 0.256 e. The molecule has 0 aliphatic rings. The van der Waals surface area contributed by atoms with Crippen LogP contribution in [0.15, 0.2) is 42.5 Å². The molecule has 4 heteroatoms. The van der Waals surface area contributed by atoms with Crippen LogP contribution in [-0.2, 0) is 0 Å². The molecule has 0 unspecified atom stereocenters. The van der Waals surface area contributed by atoms with Crippen LogP contribution in [0.5, 0.6) is 0 Å². The lowest BCUT2D eigenvalue weighted by Crippen LogP contribution is -2.33. The van der Waals surface area contributed by atoms with E-state index in [1.165, 1.54) is 5.56 Å². The Morgan fingerprint density at radius 1 is 1.09 bits per heavy atom. The first-order valence-corrected chi connectivity index (χ1v) is 7.90. The van der Waals surface area contributed by atoms with Gasteiger partial charge >= 0.3 is 0 Å². The van der Waals surface area contributed by atoms with Crippen molar-refractivity contribution in [1.82, 2.24) is 4.90 Å². The van der Waals surface area contributed by atoms with E-state index in [1.807, 2.05) is 43.3 Å². The number of aryl methyl sites for hydroxylation is 1. The number of aliphatic hydroxyl groups excluding tert-OH is 1. The molecular formula is C19H24N2O2. The molecule has 0 aliphatic heterocycles. The van der Waals surface area contributed by atoms with Crippen LogP contribution in [0.2, 0.25) is 0 Å². The minimum atomic E-state index is -0.0741. The average molecular weight is 312 g/mol. The second-order valence-corrected chi connectivity index (χ2v) is 5.53. The molecule has 0 radical (unpaired) electrons. The van der Waals surface area contributed by atoms with E-state index in [4.69, 9.17) is 5.11 Å². The maximum Gasteiger partial charge on any atom is 0.256 e. The average Bonchev–Trinajstić information content (AvgIpc) is 2.57. The van der Waals surface area contributed by atoms with E-state index in [0.717, 1.165) is 16.9 Å². The number of hydrogen-bond acceptors (Lipinski definition) is 3. The van der Waals surface area contributed by atoms with Gasteiger partial charge in [0.25, 0.3) is 5.91 Å². The van der Waals surface area contributed by atoms with Crippen molar-refractivity contribution in [1.29, 1.82) is 0 Å². The number of nitrogens with one attached hydrogen (secondary N) is 1. The summed E-state index contributed by atoms with van der Waals surface area (Å²) in [5, 5.41) is 12.5.